The van der Waals surface area contributed by atoms with E-state index in [0.717, 1.165) is 43.2 Å². The third kappa shape index (κ3) is 3.73. The summed E-state index contributed by atoms with van der Waals surface area (Å²) in [5.41, 5.74) is 0. The van der Waals surface area contributed by atoms with Crippen molar-refractivity contribution in [2.24, 2.45) is 0 Å². The monoisotopic (exact) mass is 327 g/mol. The number of carbonyl (C=O) groups excluding carboxylic acids is 1. The number of hydrogen-bond donors (Lipinski definition) is 0. The maximum Gasteiger partial charge on any atom is 0.232 e. The van der Waals surface area contributed by atoms with Gasteiger partial charge in [-0.1, -0.05) is 0 Å². The second-order valence-corrected chi connectivity index (χ2v) is 7.72. The Bertz CT molecular complexity index is 493. The van der Waals surface area contributed by atoms with Crippen LogP contribution in [0.4, 0.5) is 4.39 Å². The van der Waals surface area contributed by atoms with E-state index in [9.17, 15) is 9.18 Å². The van der Waals surface area contributed by atoms with Crippen LogP contribution in [0.15, 0.2) is 29.2 Å². The Hall–Kier alpha value is -0.720. The van der Waals surface area contributed by atoms with Crippen LogP contribution in [0.25, 0.3) is 0 Å². The highest BCUT2D eigenvalue weighted by atomic mass is 32.2. The molecule has 0 atom stereocenters. The topological polar surface area (TPSA) is 29.5 Å². The minimum Gasteiger partial charge on any atom is -0.363 e. The molecule has 0 aromatic heterocycles. The average Bonchev–Trinajstić information content (AvgIpc) is 2.95. The first-order chi connectivity index (χ1) is 10.2. The van der Waals surface area contributed by atoms with Crippen LogP contribution in [-0.2, 0) is 9.53 Å². The molecule has 2 aliphatic heterocycles. The maximum atomic E-state index is 12.8. The van der Waals surface area contributed by atoms with Crippen molar-refractivity contribution in [3.63, 3.8) is 0 Å². The van der Waals surface area contributed by atoms with Crippen LogP contribution in [0.3, 0.4) is 0 Å². The van der Waals surface area contributed by atoms with Gasteiger partial charge in [0.25, 0.3) is 0 Å². The maximum absolute atomic E-state index is 12.8. The van der Waals surface area contributed by atoms with E-state index >= 15 is 0 Å². The van der Waals surface area contributed by atoms with Crippen molar-refractivity contribution in [2.75, 3.05) is 31.2 Å². The summed E-state index contributed by atoms with van der Waals surface area (Å²) in [6, 6.07) is 6.27. The number of thioether (sulfide) groups is 2. The second kappa shape index (κ2) is 6.58. The van der Waals surface area contributed by atoms with Gasteiger partial charge in [-0.25, -0.2) is 4.39 Å². The van der Waals surface area contributed by atoms with Crippen LogP contribution in [0.1, 0.15) is 12.8 Å². The highest BCUT2D eigenvalue weighted by Gasteiger charge is 2.40. The Morgan fingerprint density at radius 3 is 2.67 bits per heavy atom. The largest absolute Gasteiger partial charge is 0.363 e. The molecule has 0 aliphatic carbocycles. The van der Waals surface area contributed by atoms with Crippen LogP contribution in [0.5, 0.6) is 0 Å². The molecule has 2 saturated heterocycles. The van der Waals surface area contributed by atoms with E-state index in [1.54, 1.807) is 12.1 Å². The lowest BCUT2D eigenvalue weighted by Gasteiger charge is -2.37. The summed E-state index contributed by atoms with van der Waals surface area (Å²) in [5, 5.41) is 0. The molecule has 1 spiro atoms. The fourth-order valence-corrected chi connectivity index (χ4v) is 4.63. The third-order valence-corrected chi connectivity index (χ3v) is 6.29. The van der Waals surface area contributed by atoms with E-state index in [1.807, 2.05) is 16.7 Å². The number of piperidine rings is 1. The molecule has 3 nitrogen and oxygen atoms in total. The van der Waals surface area contributed by atoms with Gasteiger partial charge in [0.2, 0.25) is 5.91 Å². The van der Waals surface area contributed by atoms with E-state index in [1.165, 1.54) is 23.9 Å². The molecule has 0 N–H and O–H groups in total. The molecule has 0 radical (unpaired) electrons. The Balaban J connectivity index is 1.47. The summed E-state index contributed by atoms with van der Waals surface area (Å²) in [6.45, 7) is 2.38. The molecule has 1 amide bonds. The first-order valence-corrected chi connectivity index (χ1v) is 9.08. The number of carbonyl (C=O) groups is 1. The molecule has 2 heterocycles. The smallest absolute Gasteiger partial charge is 0.232 e. The highest BCUT2D eigenvalue weighted by molar-refractivity contribution is 8.00. The Labute approximate surface area is 132 Å². The molecule has 2 aliphatic rings. The van der Waals surface area contributed by atoms with Crippen LogP contribution < -0.4 is 0 Å². The van der Waals surface area contributed by atoms with Crippen molar-refractivity contribution in [2.45, 2.75) is 22.7 Å². The lowest BCUT2D eigenvalue weighted by Crippen LogP contribution is -2.45. The van der Waals surface area contributed by atoms with Crippen molar-refractivity contribution in [3.8, 4) is 0 Å². The molecule has 3 rings (SSSR count). The predicted octanol–water partition coefficient (Wildman–Crippen LogP) is 3.00. The zero-order valence-corrected chi connectivity index (χ0v) is 13.4. The number of ether oxygens (including phenoxy) is 1. The standard InChI is InChI=1S/C15H18FNO2S2/c16-12-1-3-13(4-2-12)20-11-14(18)17-7-5-15(6-8-17)19-9-10-21-15/h1-4H,5-11H2. The number of halogens is 1. The third-order valence-electron chi connectivity index (χ3n) is 3.87. The molecule has 114 valence electrons. The van der Waals surface area contributed by atoms with E-state index in [2.05, 4.69) is 0 Å². The molecule has 1 aromatic carbocycles. The van der Waals surface area contributed by atoms with Gasteiger partial charge in [-0.2, -0.15) is 0 Å². The van der Waals surface area contributed by atoms with Gasteiger partial charge in [-0.3, -0.25) is 4.79 Å². The molecule has 0 bridgehead atoms. The van der Waals surface area contributed by atoms with Crippen LogP contribution >= 0.6 is 23.5 Å². The molecule has 6 heteroatoms. The number of likely N-dealkylation sites (tertiary alicyclic amines) is 1. The van der Waals surface area contributed by atoms with Crippen LogP contribution in [0.2, 0.25) is 0 Å². The minimum atomic E-state index is -0.249. The van der Waals surface area contributed by atoms with Crippen molar-refractivity contribution >= 4 is 29.4 Å². The van der Waals surface area contributed by atoms with Gasteiger partial charge in [-0.05, 0) is 24.3 Å². The Kier molecular flexibility index (Phi) is 4.76. The number of amides is 1. The highest BCUT2D eigenvalue weighted by Crippen LogP contribution is 2.41. The van der Waals surface area contributed by atoms with E-state index < -0.39 is 0 Å². The molecule has 0 saturated carbocycles. The molecular formula is C15H18FNO2S2. The Morgan fingerprint density at radius 1 is 1.33 bits per heavy atom. The number of rotatable bonds is 3. The van der Waals surface area contributed by atoms with Gasteiger partial charge in [0.05, 0.1) is 12.4 Å². The molecule has 1 aromatic rings. The van der Waals surface area contributed by atoms with E-state index in [-0.39, 0.29) is 16.7 Å². The van der Waals surface area contributed by atoms with Gasteiger partial charge >= 0.3 is 0 Å². The fourth-order valence-electron chi connectivity index (χ4n) is 2.65. The summed E-state index contributed by atoms with van der Waals surface area (Å²) >= 11 is 3.35. The molecule has 2 fully saturated rings. The fraction of sp³-hybridized carbons (Fsp3) is 0.533. The summed E-state index contributed by atoms with van der Waals surface area (Å²) < 4.78 is 18.7. The van der Waals surface area contributed by atoms with Crippen molar-refractivity contribution in [1.82, 2.24) is 4.90 Å². The normalized spacial score (nSPS) is 20.9. The quantitative estimate of drug-likeness (QED) is 0.798. The first-order valence-electron chi connectivity index (χ1n) is 7.11. The van der Waals surface area contributed by atoms with Gasteiger partial charge in [-0.15, -0.1) is 23.5 Å². The van der Waals surface area contributed by atoms with Gasteiger partial charge < -0.3 is 9.64 Å². The SMILES string of the molecule is O=C(CSc1ccc(F)cc1)N1CCC2(CC1)OCCS2. The van der Waals surface area contributed by atoms with E-state index in [4.69, 9.17) is 4.74 Å². The zero-order valence-electron chi connectivity index (χ0n) is 11.7. The summed E-state index contributed by atoms with van der Waals surface area (Å²) in [6.07, 6.45) is 1.84. The van der Waals surface area contributed by atoms with Crippen molar-refractivity contribution in [3.05, 3.63) is 30.1 Å². The number of nitrogens with zero attached hydrogens (tertiary/aromatic N) is 1. The summed E-state index contributed by atoms with van der Waals surface area (Å²) in [7, 11) is 0. The number of benzene rings is 1. The zero-order chi connectivity index (χ0) is 14.7. The Morgan fingerprint density at radius 2 is 2.05 bits per heavy atom. The average molecular weight is 327 g/mol. The lowest BCUT2D eigenvalue weighted by molar-refractivity contribution is -0.131. The second-order valence-electron chi connectivity index (χ2n) is 5.23. The van der Waals surface area contributed by atoms with Crippen molar-refractivity contribution in [1.29, 1.82) is 0 Å². The van der Waals surface area contributed by atoms with Gasteiger partial charge in [0, 0.05) is 36.6 Å². The lowest BCUT2D eigenvalue weighted by atomic mass is 10.1. The molecular weight excluding hydrogens is 309 g/mol. The van der Waals surface area contributed by atoms with Crippen LogP contribution in [0, 0.1) is 5.82 Å². The molecule has 0 unspecified atom stereocenters. The van der Waals surface area contributed by atoms with E-state index in [0.29, 0.717) is 5.75 Å². The van der Waals surface area contributed by atoms with Gasteiger partial charge in [0.1, 0.15) is 10.8 Å². The number of hydrogen-bond acceptors (Lipinski definition) is 4. The first kappa shape index (κ1) is 15.2. The predicted molar refractivity (Wildman–Crippen MR) is 84.1 cm³/mol. The molecule has 21 heavy (non-hydrogen) atoms. The van der Waals surface area contributed by atoms with Crippen molar-refractivity contribution < 1.29 is 13.9 Å². The minimum absolute atomic E-state index is 0.0269. The summed E-state index contributed by atoms with van der Waals surface area (Å²) in [4.78, 5) is 15.0. The summed E-state index contributed by atoms with van der Waals surface area (Å²) in [5.74, 6) is 1.38. The van der Waals surface area contributed by atoms with Gasteiger partial charge in [0.15, 0.2) is 0 Å². The van der Waals surface area contributed by atoms with Crippen LogP contribution in [-0.4, -0.2) is 46.9 Å².